The Labute approximate surface area is 120 Å². The van der Waals surface area contributed by atoms with Crippen molar-refractivity contribution in [1.82, 2.24) is 10.7 Å². The van der Waals surface area contributed by atoms with Gasteiger partial charge < -0.3 is 10.1 Å². The molecular formula is C14H21N3OS. The lowest BCUT2D eigenvalue weighted by Crippen LogP contribution is -2.32. The molecule has 0 radical (unpaired) electrons. The van der Waals surface area contributed by atoms with Crippen LogP contribution in [0.2, 0.25) is 0 Å². The smallest absolute Gasteiger partial charge is 0.186 e. The van der Waals surface area contributed by atoms with Crippen molar-refractivity contribution in [3.8, 4) is 5.75 Å². The number of hydrazone groups is 1. The zero-order chi connectivity index (χ0) is 13.9. The summed E-state index contributed by atoms with van der Waals surface area (Å²) in [6, 6.07) is 7.68. The number of thiocarbonyl (C=S) groups is 1. The standard InChI is InChI=1S/C14H21N3OS/c1-3-4-7-10-15-14(19)17-16-11-12-8-5-6-9-13(12)18-2/h5-6,8-9,11H,3-4,7,10H2,1-2H3,(H2,15,17,19)/b16-11-. The van der Waals surface area contributed by atoms with E-state index in [-0.39, 0.29) is 0 Å². The van der Waals surface area contributed by atoms with Gasteiger partial charge in [0.2, 0.25) is 0 Å². The zero-order valence-electron chi connectivity index (χ0n) is 11.5. The summed E-state index contributed by atoms with van der Waals surface area (Å²) in [5.74, 6) is 0.787. The lowest BCUT2D eigenvalue weighted by atomic mass is 10.2. The summed E-state index contributed by atoms with van der Waals surface area (Å²) < 4.78 is 5.23. The van der Waals surface area contributed by atoms with Crippen LogP contribution in [-0.4, -0.2) is 25.0 Å². The third-order valence-corrected chi connectivity index (χ3v) is 2.81. The summed E-state index contributed by atoms with van der Waals surface area (Å²) >= 11 is 5.11. The molecule has 0 saturated carbocycles. The quantitative estimate of drug-likeness (QED) is 0.349. The van der Waals surface area contributed by atoms with Crippen molar-refractivity contribution in [2.24, 2.45) is 5.10 Å². The number of hydrogen-bond acceptors (Lipinski definition) is 3. The molecule has 0 unspecified atom stereocenters. The monoisotopic (exact) mass is 279 g/mol. The van der Waals surface area contributed by atoms with Crippen LogP contribution in [0.4, 0.5) is 0 Å². The van der Waals surface area contributed by atoms with Crippen molar-refractivity contribution in [2.75, 3.05) is 13.7 Å². The maximum atomic E-state index is 5.23. The first kappa shape index (κ1) is 15.4. The Morgan fingerprint density at radius 3 is 2.89 bits per heavy atom. The predicted octanol–water partition coefficient (Wildman–Crippen LogP) is 2.68. The van der Waals surface area contributed by atoms with Crippen LogP contribution in [0.1, 0.15) is 31.7 Å². The van der Waals surface area contributed by atoms with Crippen LogP contribution in [0.3, 0.4) is 0 Å². The van der Waals surface area contributed by atoms with Gasteiger partial charge in [-0.3, -0.25) is 5.43 Å². The van der Waals surface area contributed by atoms with Crippen molar-refractivity contribution >= 4 is 23.5 Å². The van der Waals surface area contributed by atoms with Gasteiger partial charge in [-0.1, -0.05) is 31.9 Å². The molecule has 4 nitrogen and oxygen atoms in total. The molecule has 104 valence electrons. The minimum absolute atomic E-state index is 0.544. The number of hydrogen-bond donors (Lipinski definition) is 2. The van der Waals surface area contributed by atoms with Gasteiger partial charge in [-0.25, -0.2) is 0 Å². The Balaban J connectivity index is 2.34. The van der Waals surface area contributed by atoms with E-state index in [0.717, 1.165) is 24.3 Å². The third-order valence-electron chi connectivity index (χ3n) is 2.57. The first-order chi connectivity index (χ1) is 9.27. The SMILES string of the molecule is CCCCCNC(=S)N/N=C\c1ccccc1OC. The fraction of sp³-hybridized carbons (Fsp3) is 0.429. The second-order valence-corrected chi connectivity index (χ2v) is 4.48. The Hall–Kier alpha value is -1.62. The number of benzene rings is 1. The van der Waals surface area contributed by atoms with E-state index >= 15 is 0 Å². The summed E-state index contributed by atoms with van der Waals surface area (Å²) in [5, 5.41) is 7.74. The van der Waals surface area contributed by atoms with Crippen LogP contribution < -0.4 is 15.5 Å². The molecule has 5 heteroatoms. The molecule has 0 amide bonds. The van der Waals surface area contributed by atoms with Gasteiger partial charge in [-0.15, -0.1) is 0 Å². The largest absolute Gasteiger partial charge is 0.496 e. The van der Waals surface area contributed by atoms with E-state index in [9.17, 15) is 0 Å². The minimum Gasteiger partial charge on any atom is -0.496 e. The van der Waals surface area contributed by atoms with E-state index in [1.165, 1.54) is 12.8 Å². The molecule has 0 bridgehead atoms. The number of para-hydroxylation sites is 1. The van der Waals surface area contributed by atoms with E-state index in [0.29, 0.717) is 5.11 Å². The number of methoxy groups -OCH3 is 1. The van der Waals surface area contributed by atoms with Crippen molar-refractivity contribution in [2.45, 2.75) is 26.2 Å². The molecule has 0 saturated heterocycles. The topological polar surface area (TPSA) is 45.7 Å². The molecule has 0 aliphatic heterocycles. The third kappa shape index (κ3) is 6.20. The van der Waals surface area contributed by atoms with Gasteiger partial charge in [-0.2, -0.15) is 5.10 Å². The molecule has 1 rings (SSSR count). The van der Waals surface area contributed by atoms with Crippen LogP contribution in [0, 0.1) is 0 Å². The van der Waals surface area contributed by atoms with Crippen LogP contribution >= 0.6 is 12.2 Å². The maximum absolute atomic E-state index is 5.23. The number of nitrogens with one attached hydrogen (secondary N) is 2. The van der Waals surface area contributed by atoms with Crippen molar-refractivity contribution in [3.05, 3.63) is 29.8 Å². The molecular weight excluding hydrogens is 258 g/mol. The van der Waals surface area contributed by atoms with Gasteiger partial charge in [0.05, 0.1) is 13.3 Å². The van der Waals surface area contributed by atoms with E-state index < -0.39 is 0 Å². The average molecular weight is 279 g/mol. The van der Waals surface area contributed by atoms with Crippen molar-refractivity contribution in [3.63, 3.8) is 0 Å². The molecule has 1 aromatic carbocycles. The normalized spacial score (nSPS) is 10.4. The fourth-order valence-electron chi connectivity index (χ4n) is 1.55. The molecule has 1 aromatic rings. The molecule has 0 aliphatic carbocycles. The maximum Gasteiger partial charge on any atom is 0.186 e. The minimum atomic E-state index is 0.544. The van der Waals surface area contributed by atoms with Crippen molar-refractivity contribution in [1.29, 1.82) is 0 Å². The van der Waals surface area contributed by atoms with Gasteiger partial charge in [0.15, 0.2) is 5.11 Å². The number of ether oxygens (including phenoxy) is 1. The molecule has 0 aliphatic rings. The summed E-state index contributed by atoms with van der Waals surface area (Å²) in [5.41, 5.74) is 3.70. The van der Waals surface area contributed by atoms with E-state index in [1.807, 2.05) is 24.3 Å². The highest BCUT2D eigenvalue weighted by molar-refractivity contribution is 7.80. The summed E-state index contributed by atoms with van der Waals surface area (Å²) in [7, 11) is 1.64. The van der Waals surface area contributed by atoms with E-state index in [2.05, 4.69) is 22.8 Å². The average Bonchev–Trinajstić information content (AvgIpc) is 2.44. The highest BCUT2D eigenvalue weighted by atomic mass is 32.1. The van der Waals surface area contributed by atoms with Gasteiger partial charge in [0.1, 0.15) is 5.75 Å². The fourth-order valence-corrected chi connectivity index (χ4v) is 1.70. The molecule has 0 atom stereocenters. The Kier molecular flexibility index (Phi) is 7.58. The highest BCUT2D eigenvalue weighted by Gasteiger charge is 1.97. The Morgan fingerprint density at radius 1 is 1.37 bits per heavy atom. The van der Waals surface area contributed by atoms with E-state index in [4.69, 9.17) is 17.0 Å². The first-order valence-corrected chi connectivity index (χ1v) is 6.88. The Bertz CT molecular complexity index is 421. The van der Waals surface area contributed by atoms with Gasteiger partial charge in [0.25, 0.3) is 0 Å². The van der Waals surface area contributed by atoms with E-state index in [1.54, 1.807) is 13.3 Å². The molecule has 19 heavy (non-hydrogen) atoms. The van der Waals surface area contributed by atoms with Crippen molar-refractivity contribution < 1.29 is 4.74 Å². The van der Waals surface area contributed by atoms with Crippen LogP contribution in [0.15, 0.2) is 29.4 Å². The van der Waals surface area contributed by atoms with Crippen LogP contribution in [0.5, 0.6) is 5.75 Å². The second-order valence-electron chi connectivity index (χ2n) is 4.07. The molecule has 0 aromatic heterocycles. The molecule has 0 fully saturated rings. The molecule has 0 heterocycles. The lowest BCUT2D eigenvalue weighted by molar-refractivity contribution is 0.414. The lowest BCUT2D eigenvalue weighted by Gasteiger charge is -2.06. The highest BCUT2D eigenvalue weighted by Crippen LogP contribution is 2.14. The molecule has 2 N–H and O–H groups in total. The van der Waals surface area contributed by atoms with Gasteiger partial charge >= 0.3 is 0 Å². The number of nitrogens with zero attached hydrogens (tertiary/aromatic N) is 1. The predicted molar refractivity (Wildman–Crippen MR) is 83.8 cm³/mol. The first-order valence-electron chi connectivity index (χ1n) is 6.47. The summed E-state index contributed by atoms with van der Waals surface area (Å²) in [6.45, 7) is 3.05. The molecule has 0 spiro atoms. The van der Waals surface area contributed by atoms with Gasteiger partial charge in [-0.05, 0) is 30.8 Å². The van der Waals surface area contributed by atoms with Crippen LogP contribution in [-0.2, 0) is 0 Å². The zero-order valence-corrected chi connectivity index (χ0v) is 12.3. The van der Waals surface area contributed by atoms with Crippen LogP contribution in [0.25, 0.3) is 0 Å². The number of rotatable bonds is 7. The summed E-state index contributed by atoms with van der Waals surface area (Å²) in [4.78, 5) is 0. The Morgan fingerprint density at radius 2 is 2.16 bits per heavy atom. The second kappa shape index (κ2) is 9.33. The number of unbranched alkanes of at least 4 members (excludes halogenated alkanes) is 2. The summed E-state index contributed by atoms with van der Waals surface area (Å²) in [6.07, 6.45) is 5.22. The van der Waals surface area contributed by atoms with Gasteiger partial charge in [0, 0.05) is 12.1 Å².